The molecule has 17 heavy (non-hydrogen) atoms. The molecule has 0 aromatic rings. The molecular formula is C12H15NO4. The molecule has 1 aliphatic rings. The molecule has 0 aromatic heterocycles. The molecule has 0 radical (unpaired) electrons. The zero-order chi connectivity index (χ0) is 13.2. The van der Waals surface area contributed by atoms with Crippen LogP contribution in [0.4, 0.5) is 0 Å². The Morgan fingerprint density at radius 3 is 2.29 bits per heavy atom. The summed E-state index contributed by atoms with van der Waals surface area (Å²) in [5, 5.41) is 8.98. The summed E-state index contributed by atoms with van der Waals surface area (Å²) >= 11 is 0. The van der Waals surface area contributed by atoms with Crippen LogP contribution in [-0.4, -0.2) is 33.8 Å². The van der Waals surface area contributed by atoms with Crippen LogP contribution in [0.5, 0.6) is 0 Å². The van der Waals surface area contributed by atoms with E-state index in [0.29, 0.717) is 0 Å². The first-order valence-corrected chi connectivity index (χ1v) is 5.29. The van der Waals surface area contributed by atoms with Crippen molar-refractivity contribution >= 4 is 17.8 Å². The minimum absolute atomic E-state index is 0.159. The SMILES string of the molecule is C#CCC(C(=O)O)N1C(=O)CC(C)(C)CC1=O. The molecule has 1 saturated heterocycles. The number of nitrogens with zero attached hydrogens (tertiary/aromatic N) is 1. The number of piperidine rings is 1. The molecule has 0 aliphatic carbocycles. The summed E-state index contributed by atoms with van der Waals surface area (Å²) in [5.41, 5.74) is -0.413. The number of aliphatic carboxylic acids is 1. The lowest BCUT2D eigenvalue weighted by Crippen LogP contribution is -2.53. The van der Waals surface area contributed by atoms with Gasteiger partial charge in [0.15, 0.2) is 0 Å². The van der Waals surface area contributed by atoms with Crippen molar-refractivity contribution in [2.45, 2.75) is 39.2 Å². The van der Waals surface area contributed by atoms with Gasteiger partial charge in [-0.3, -0.25) is 14.5 Å². The van der Waals surface area contributed by atoms with Crippen LogP contribution < -0.4 is 0 Å². The first-order valence-electron chi connectivity index (χ1n) is 5.29. The van der Waals surface area contributed by atoms with E-state index in [2.05, 4.69) is 5.92 Å². The number of rotatable bonds is 3. The van der Waals surface area contributed by atoms with Crippen LogP contribution in [0.1, 0.15) is 33.1 Å². The van der Waals surface area contributed by atoms with Gasteiger partial charge in [-0.1, -0.05) is 13.8 Å². The van der Waals surface area contributed by atoms with Gasteiger partial charge in [0.1, 0.15) is 6.04 Å². The summed E-state index contributed by atoms with van der Waals surface area (Å²) in [4.78, 5) is 35.4. The quantitative estimate of drug-likeness (QED) is 0.577. The van der Waals surface area contributed by atoms with Crippen LogP contribution in [-0.2, 0) is 14.4 Å². The van der Waals surface area contributed by atoms with Crippen LogP contribution in [0.25, 0.3) is 0 Å². The highest BCUT2D eigenvalue weighted by atomic mass is 16.4. The number of amides is 2. The molecular weight excluding hydrogens is 222 g/mol. The second kappa shape index (κ2) is 4.58. The first kappa shape index (κ1) is 13.2. The van der Waals surface area contributed by atoms with E-state index in [0.717, 1.165) is 4.90 Å². The number of terminal acetylenes is 1. The Morgan fingerprint density at radius 2 is 1.94 bits per heavy atom. The third-order valence-electron chi connectivity index (χ3n) is 2.70. The molecule has 1 N–H and O–H groups in total. The van der Waals surface area contributed by atoms with Crippen molar-refractivity contribution in [3.05, 3.63) is 0 Å². The maximum Gasteiger partial charge on any atom is 0.327 e. The van der Waals surface area contributed by atoms with Crippen molar-refractivity contribution in [1.29, 1.82) is 0 Å². The topological polar surface area (TPSA) is 74.7 Å². The van der Waals surface area contributed by atoms with Gasteiger partial charge in [-0.15, -0.1) is 12.3 Å². The molecule has 92 valence electrons. The molecule has 2 amide bonds. The maximum atomic E-state index is 11.8. The van der Waals surface area contributed by atoms with E-state index in [1.807, 2.05) is 0 Å². The Kier molecular flexibility index (Phi) is 3.56. The Labute approximate surface area is 99.8 Å². The zero-order valence-electron chi connectivity index (χ0n) is 9.90. The molecule has 0 aromatic carbocycles. The summed E-state index contributed by atoms with van der Waals surface area (Å²) in [7, 11) is 0. The Morgan fingerprint density at radius 1 is 1.47 bits per heavy atom. The number of carbonyl (C=O) groups excluding carboxylic acids is 2. The molecule has 1 fully saturated rings. The molecule has 1 rings (SSSR count). The minimum Gasteiger partial charge on any atom is -0.480 e. The van der Waals surface area contributed by atoms with Gasteiger partial charge in [0.2, 0.25) is 11.8 Å². The van der Waals surface area contributed by atoms with Crippen molar-refractivity contribution in [3.63, 3.8) is 0 Å². The minimum atomic E-state index is -1.25. The van der Waals surface area contributed by atoms with E-state index in [1.54, 1.807) is 13.8 Å². The van der Waals surface area contributed by atoms with E-state index in [4.69, 9.17) is 11.5 Å². The highest BCUT2D eigenvalue weighted by Gasteiger charge is 2.42. The highest BCUT2D eigenvalue weighted by molar-refractivity contribution is 6.01. The molecule has 5 nitrogen and oxygen atoms in total. The fourth-order valence-electron chi connectivity index (χ4n) is 1.94. The van der Waals surface area contributed by atoms with Crippen LogP contribution in [0, 0.1) is 17.8 Å². The first-order chi connectivity index (χ1) is 7.78. The lowest BCUT2D eigenvalue weighted by atomic mass is 9.81. The molecule has 5 heteroatoms. The molecule has 0 spiro atoms. The van der Waals surface area contributed by atoms with E-state index in [-0.39, 0.29) is 19.3 Å². The van der Waals surface area contributed by atoms with E-state index < -0.39 is 29.2 Å². The van der Waals surface area contributed by atoms with Crippen LogP contribution in [0.2, 0.25) is 0 Å². The number of hydrogen-bond acceptors (Lipinski definition) is 3. The number of carboxylic acid groups (broad SMARTS) is 1. The summed E-state index contributed by atoms with van der Waals surface area (Å²) < 4.78 is 0. The van der Waals surface area contributed by atoms with Crippen molar-refractivity contribution in [2.24, 2.45) is 5.41 Å². The van der Waals surface area contributed by atoms with Crippen molar-refractivity contribution in [1.82, 2.24) is 4.90 Å². The van der Waals surface area contributed by atoms with Crippen molar-refractivity contribution in [3.8, 4) is 12.3 Å². The molecule has 1 unspecified atom stereocenters. The Bertz CT molecular complexity index is 385. The van der Waals surface area contributed by atoms with Gasteiger partial charge in [-0.05, 0) is 5.41 Å². The lowest BCUT2D eigenvalue weighted by Gasteiger charge is -2.37. The second-order valence-corrected chi connectivity index (χ2v) is 4.94. The zero-order valence-corrected chi connectivity index (χ0v) is 9.90. The van der Waals surface area contributed by atoms with Crippen molar-refractivity contribution < 1.29 is 19.5 Å². The van der Waals surface area contributed by atoms with Gasteiger partial charge in [-0.25, -0.2) is 4.79 Å². The van der Waals surface area contributed by atoms with E-state index >= 15 is 0 Å². The van der Waals surface area contributed by atoms with Crippen LogP contribution >= 0.6 is 0 Å². The third-order valence-corrected chi connectivity index (χ3v) is 2.70. The van der Waals surface area contributed by atoms with E-state index in [1.165, 1.54) is 0 Å². The predicted molar refractivity (Wildman–Crippen MR) is 59.7 cm³/mol. The highest BCUT2D eigenvalue weighted by Crippen LogP contribution is 2.32. The summed E-state index contributed by atoms with van der Waals surface area (Å²) in [6, 6.07) is -1.24. The molecule has 1 atom stereocenters. The number of imide groups is 1. The number of likely N-dealkylation sites (tertiary alicyclic amines) is 1. The van der Waals surface area contributed by atoms with Crippen LogP contribution in [0.3, 0.4) is 0 Å². The maximum absolute atomic E-state index is 11.8. The third kappa shape index (κ3) is 2.84. The molecule has 1 heterocycles. The standard InChI is InChI=1S/C12H15NO4/c1-4-5-8(11(16)17)13-9(14)6-12(2,3)7-10(13)15/h1,8H,5-7H2,2-3H3,(H,16,17). The average Bonchev–Trinajstić information content (AvgIpc) is 2.12. The largest absolute Gasteiger partial charge is 0.480 e. The Hall–Kier alpha value is -1.83. The summed E-state index contributed by atoms with van der Waals surface area (Å²) in [6.45, 7) is 3.61. The van der Waals surface area contributed by atoms with Crippen molar-refractivity contribution in [2.75, 3.05) is 0 Å². The van der Waals surface area contributed by atoms with Gasteiger partial charge < -0.3 is 5.11 Å². The lowest BCUT2D eigenvalue weighted by molar-refractivity contribution is -0.163. The molecule has 0 saturated carbocycles. The smallest absolute Gasteiger partial charge is 0.327 e. The van der Waals surface area contributed by atoms with Gasteiger partial charge in [0, 0.05) is 19.3 Å². The van der Waals surface area contributed by atoms with Gasteiger partial charge in [0.05, 0.1) is 0 Å². The van der Waals surface area contributed by atoms with Gasteiger partial charge >= 0.3 is 5.97 Å². The number of carboxylic acids is 1. The normalized spacial score (nSPS) is 20.9. The van der Waals surface area contributed by atoms with Gasteiger partial charge in [0.25, 0.3) is 0 Å². The fourth-order valence-corrected chi connectivity index (χ4v) is 1.94. The van der Waals surface area contributed by atoms with E-state index in [9.17, 15) is 14.4 Å². The summed E-state index contributed by atoms with van der Waals surface area (Å²) in [5.74, 6) is 0.00739. The predicted octanol–water partition coefficient (Wildman–Crippen LogP) is 0.638. The average molecular weight is 237 g/mol. The number of carbonyl (C=O) groups is 3. The fraction of sp³-hybridized carbons (Fsp3) is 0.583. The number of hydrogen-bond donors (Lipinski definition) is 1. The van der Waals surface area contributed by atoms with Crippen LogP contribution in [0.15, 0.2) is 0 Å². The second-order valence-electron chi connectivity index (χ2n) is 4.94. The Balaban J connectivity index is 2.97. The molecule has 1 aliphatic heterocycles. The van der Waals surface area contributed by atoms with Gasteiger partial charge in [-0.2, -0.15) is 0 Å². The molecule has 0 bridgehead atoms. The summed E-state index contributed by atoms with van der Waals surface area (Å²) in [6.07, 6.45) is 5.22. The monoisotopic (exact) mass is 237 g/mol.